The van der Waals surface area contributed by atoms with Gasteiger partial charge in [0, 0.05) is 6.20 Å². The molecule has 0 unspecified atom stereocenters. The van der Waals surface area contributed by atoms with E-state index in [1.54, 1.807) is 6.07 Å². The average molecular weight is 354 g/mol. The van der Waals surface area contributed by atoms with Gasteiger partial charge < -0.3 is 10.3 Å². The Morgan fingerprint density at radius 1 is 1.30 bits per heavy atom. The zero-order valence-electron chi connectivity index (χ0n) is 9.94. The van der Waals surface area contributed by atoms with E-state index in [0.717, 1.165) is 0 Å². The van der Waals surface area contributed by atoms with Crippen LogP contribution < -0.4 is 16.4 Å². The Kier molecular flexibility index (Phi) is 3.36. The molecule has 102 valence electrons. The van der Waals surface area contributed by atoms with Crippen LogP contribution >= 0.6 is 27.3 Å². The van der Waals surface area contributed by atoms with Gasteiger partial charge in [-0.05, 0) is 27.4 Å². The summed E-state index contributed by atoms with van der Waals surface area (Å²) in [5.74, 6) is 0.790. The van der Waals surface area contributed by atoms with Crippen LogP contribution in [-0.2, 0) is 6.54 Å². The number of fused-ring (bicyclic) bond motifs is 1. The van der Waals surface area contributed by atoms with E-state index in [1.165, 1.54) is 17.5 Å². The van der Waals surface area contributed by atoms with Crippen LogP contribution in [0.2, 0.25) is 0 Å². The molecule has 3 heterocycles. The van der Waals surface area contributed by atoms with Crippen LogP contribution in [-0.4, -0.2) is 19.9 Å². The first kappa shape index (κ1) is 13.0. The molecule has 0 atom stereocenters. The van der Waals surface area contributed by atoms with Gasteiger partial charge in [0.2, 0.25) is 5.95 Å². The van der Waals surface area contributed by atoms with Gasteiger partial charge in [0.1, 0.15) is 15.0 Å². The van der Waals surface area contributed by atoms with Crippen molar-refractivity contribution in [1.29, 1.82) is 0 Å². The summed E-state index contributed by atoms with van der Waals surface area (Å²) in [7, 11) is 0. The second-order valence-electron chi connectivity index (χ2n) is 3.91. The summed E-state index contributed by atoms with van der Waals surface area (Å²) in [4.78, 5) is 36.7. The van der Waals surface area contributed by atoms with Crippen molar-refractivity contribution >= 4 is 43.4 Å². The van der Waals surface area contributed by atoms with Crippen molar-refractivity contribution in [3.05, 3.63) is 48.6 Å². The lowest BCUT2D eigenvalue weighted by Crippen LogP contribution is -2.16. The number of halogens is 1. The zero-order valence-corrected chi connectivity index (χ0v) is 12.3. The molecule has 0 aliphatic heterocycles. The Labute approximate surface area is 124 Å². The Bertz CT molecular complexity index is 884. The number of aromatic amines is 2. The number of nitrogens with one attached hydrogen (secondary N) is 3. The van der Waals surface area contributed by atoms with Gasteiger partial charge in [0.15, 0.2) is 0 Å². The molecule has 0 aromatic carbocycles. The van der Waals surface area contributed by atoms with E-state index in [1.807, 2.05) is 5.38 Å². The summed E-state index contributed by atoms with van der Waals surface area (Å²) in [6, 6.07) is 1.78. The molecular weight excluding hydrogens is 346 g/mol. The average Bonchev–Trinajstić information content (AvgIpc) is 2.89. The third kappa shape index (κ3) is 2.49. The first-order valence-corrected chi connectivity index (χ1v) is 7.26. The fourth-order valence-corrected chi connectivity index (χ4v) is 2.56. The highest BCUT2D eigenvalue weighted by molar-refractivity contribution is 9.10. The summed E-state index contributed by atoms with van der Waals surface area (Å²) >= 11 is 4.41. The predicted octanol–water partition coefficient (Wildman–Crippen LogP) is 1.44. The maximum atomic E-state index is 11.8. The minimum atomic E-state index is -0.258. The molecule has 0 bridgehead atoms. The van der Waals surface area contributed by atoms with Crippen LogP contribution in [0.15, 0.2) is 31.7 Å². The van der Waals surface area contributed by atoms with Crippen LogP contribution in [0, 0.1) is 0 Å². The standard InChI is InChI=1S/C11H8BrN5O2S/c12-5-3-13-7(16-9(5)18)4-14-11-15-6-1-2-20-8(6)10(19)17-11/h1-3H,4H2,(H,13,16,18)(H2,14,15,17,19). The number of aromatic nitrogens is 4. The monoisotopic (exact) mass is 353 g/mol. The SMILES string of the molecule is O=c1[nH]c(CNc2nc3ccsc3c(=O)[nH]2)ncc1Br. The van der Waals surface area contributed by atoms with E-state index in [0.29, 0.717) is 26.5 Å². The van der Waals surface area contributed by atoms with Crippen LogP contribution in [0.1, 0.15) is 5.82 Å². The number of anilines is 1. The molecule has 3 N–H and O–H groups in total. The van der Waals surface area contributed by atoms with Gasteiger partial charge in [-0.15, -0.1) is 11.3 Å². The molecule has 0 saturated heterocycles. The first-order valence-electron chi connectivity index (χ1n) is 5.58. The second kappa shape index (κ2) is 5.17. The van der Waals surface area contributed by atoms with Crippen molar-refractivity contribution in [3.8, 4) is 0 Å². The second-order valence-corrected chi connectivity index (χ2v) is 5.68. The van der Waals surface area contributed by atoms with Crippen LogP contribution in [0.25, 0.3) is 10.2 Å². The molecule has 3 aromatic rings. The lowest BCUT2D eigenvalue weighted by Gasteiger charge is -2.04. The van der Waals surface area contributed by atoms with Crippen LogP contribution in [0.5, 0.6) is 0 Å². The topological polar surface area (TPSA) is 104 Å². The van der Waals surface area contributed by atoms with Gasteiger partial charge in [-0.1, -0.05) is 0 Å². The van der Waals surface area contributed by atoms with Crippen molar-refractivity contribution in [3.63, 3.8) is 0 Å². The number of hydrogen-bond acceptors (Lipinski definition) is 6. The molecule has 9 heteroatoms. The first-order chi connectivity index (χ1) is 9.63. The number of thiophene rings is 1. The molecule has 0 amide bonds. The van der Waals surface area contributed by atoms with E-state index in [-0.39, 0.29) is 17.7 Å². The summed E-state index contributed by atoms with van der Waals surface area (Å²) in [6.07, 6.45) is 1.42. The lowest BCUT2D eigenvalue weighted by atomic mass is 10.5. The summed E-state index contributed by atoms with van der Waals surface area (Å²) in [6.45, 7) is 0.251. The van der Waals surface area contributed by atoms with Crippen molar-refractivity contribution in [2.75, 3.05) is 5.32 Å². The largest absolute Gasteiger partial charge is 0.349 e. The molecule has 0 radical (unpaired) electrons. The molecule has 20 heavy (non-hydrogen) atoms. The van der Waals surface area contributed by atoms with E-state index in [9.17, 15) is 9.59 Å². The van der Waals surface area contributed by atoms with Crippen molar-refractivity contribution in [2.45, 2.75) is 6.54 Å². The highest BCUT2D eigenvalue weighted by atomic mass is 79.9. The number of H-pyrrole nitrogens is 2. The molecule has 3 aromatic heterocycles. The van der Waals surface area contributed by atoms with Crippen LogP contribution in [0.3, 0.4) is 0 Å². The molecule has 3 rings (SSSR count). The molecule has 0 aliphatic rings. The molecule has 7 nitrogen and oxygen atoms in total. The minimum absolute atomic E-state index is 0.190. The Hall–Kier alpha value is -2.00. The zero-order chi connectivity index (χ0) is 14.1. The van der Waals surface area contributed by atoms with E-state index >= 15 is 0 Å². The molecule has 0 spiro atoms. The highest BCUT2D eigenvalue weighted by Crippen LogP contribution is 2.15. The maximum Gasteiger partial charge on any atom is 0.270 e. The fourth-order valence-electron chi connectivity index (χ4n) is 1.63. The lowest BCUT2D eigenvalue weighted by molar-refractivity contribution is 0.907. The Morgan fingerprint density at radius 2 is 2.15 bits per heavy atom. The van der Waals surface area contributed by atoms with Gasteiger partial charge >= 0.3 is 0 Å². The molecular formula is C11H8BrN5O2S. The van der Waals surface area contributed by atoms with Gasteiger partial charge in [-0.2, -0.15) is 0 Å². The molecule has 0 saturated carbocycles. The predicted molar refractivity (Wildman–Crippen MR) is 80.1 cm³/mol. The number of rotatable bonds is 3. The quantitative estimate of drug-likeness (QED) is 0.660. The van der Waals surface area contributed by atoms with Gasteiger partial charge in [-0.25, -0.2) is 9.97 Å². The van der Waals surface area contributed by atoms with E-state index in [2.05, 4.69) is 41.2 Å². The summed E-state index contributed by atoms with van der Waals surface area (Å²) < 4.78 is 0.957. The number of nitrogens with zero attached hydrogens (tertiary/aromatic N) is 2. The Balaban J connectivity index is 1.84. The smallest absolute Gasteiger partial charge is 0.270 e. The minimum Gasteiger partial charge on any atom is -0.349 e. The molecule has 0 aliphatic carbocycles. The fraction of sp³-hybridized carbons (Fsp3) is 0.0909. The van der Waals surface area contributed by atoms with E-state index in [4.69, 9.17) is 0 Å². The van der Waals surface area contributed by atoms with Crippen molar-refractivity contribution in [1.82, 2.24) is 19.9 Å². The van der Waals surface area contributed by atoms with Crippen molar-refractivity contribution in [2.24, 2.45) is 0 Å². The van der Waals surface area contributed by atoms with Gasteiger partial charge in [0.25, 0.3) is 11.1 Å². The highest BCUT2D eigenvalue weighted by Gasteiger charge is 2.05. The number of hydrogen-bond donors (Lipinski definition) is 3. The normalized spacial score (nSPS) is 10.8. The summed E-state index contributed by atoms with van der Waals surface area (Å²) in [5, 5.41) is 4.73. The van der Waals surface area contributed by atoms with Crippen LogP contribution in [0.4, 0.5) is 5.95 Å². The third-order valence-corrected chi connectivity index (χ3v) is 4.01. The van der Waals surface area contributed by atoms with Gasteiger partial charge in [-0.3, -0.25) is 14.6 Å². The molecule has 0 fully saturated rings. The van der Waals surface area contributed by atoms with Crippen molar-refractivity contribution < 1.29 is 0 Å². The third-order valence-electron chi connectivity index (χ3n) is 2.55. The van der Waals surface area contributed by atoms with Gasteiger partial charge in [0.05, 0.1) is 12.1 Å². The Morgan fingerprint density at radius 3 is 2.95 bits per heavy atom. The van der Waals surface area contributed by atoms with E-state index < -0.39 is 0 Å². The summed E-state index contributed by atoms with van der Waals surface area (Å²) in [5.41, 5.74) is 0.190. The maximum absolute atomic E-state index is 11.8.